The van der Waals surface area contributed by atoms with Gasteiger partial charge < -0.3 is 10.2 Å². The van der Waals surface area contributed by atoms with Crippen molar-refractivity contribution < 1.29 is 9.59 Å². The topological polar surface area (TPSA) is 62.3 Å². The van der Waals surface area contributed by atoms with Crippen molar-refractivity contribution in [2.75, 3.05) is 27.2 Å². The first kappa shape index (κ1) is 14.3. The van der Waals surface area contributed by atoms with Gasteiger partial charge in [0.25, 0.3) is 5.91 Å². The molecule has 1 aromatic rings. The third kappa shape index (κ3) is 3.92. The SMILES string of the molecule is CCC(=O)c1cccnc1C(=O)NCCN(C)C. The maximum atomic E-state index is 11.9. The molecule has 0 spiro atoms. The number of hydrogen-bond donors (Lipinski definition) is 1. The van der Waals surface area contributed by atoms with Crippen LogP contribution >= 0.6 is 0 Å². The molecule has 0 atom stereocenters. The number of pyridine rings is 1. The quantitative estimate of drug-likeness (QED) is 0.763. The molecular weight excluding hydrogens is 230 g/mol. The van der Waals surface area contributed by atoms with E-state index in [-0.39, 0.29) is 17.4 Å². The second-order valence-electron chi connectivity index (χ2n) is 4.24. The van der Waals surface area contributed by atoms with E-state index < -0.39 is 0 Å². The number of Topliss-reactive ketones (excluding diaryl/α,β-unsaturated/α-hetero) is 1. The first-order chi connectivity index (χ1) is 8.56. The minimum Gasteiger partial charge on any atom is -0.349 e. The molecule has 1 aromatic heterocycles. The van der Waals surface area contributed by atoms with Crippen LogP contribution in [0.2, 0.25) is 0 Å². The minimum absolute atomic E-state index is 0.0686. The van der Waals surface area contributed by atoms with E-state index in [0.29, 0.717) is 18.5 Å². The van der Waals surface area contributed by atoms with Crippen LogP contribution in [0, 0.1) is 0 Å². The van der Waals surface area contributed by atoms with E-state index in [1.165, 1.54) is 6.20 Å². The number of carbonyl (C=O) groups is 2. The van der Waals surface area contributed by atoms with E-state index >= 15 is 0 Å². The smallest absolute Gasteiger partial charge is 0.270 e. The molecule has 1 N–H and O–H groups in total. The zero-order valence-corrected chi connectivity index (χ0v) is 11.1. The van der Waals surface area contributed by atoms with Gasteiger partial charge in [0.1, 0.15) is 5.69 Å². The van der Waals surface area contributed by atoms with E-state index in [4.69, 9.17) is 0 Å². The highest BCUT2D eigenvalue weighted by molar-refractivity contribution is 6.06. The van der Waals surface area contributed by atoms with Crippen LogP contribution in [0.1, 0.15) is 34.2 Å². The Kier molecular flexibility index (Phi) is 5.45. The summed E-state index contributed by atoms with van der Waals surface area (Å²) in [6.07, 6.45) is 1.89. The van der Waals surface area contributed by atoms with Crippen molar-refractivity contribution in [2.24, 2.45) is 0 Å². The van der Waals surface area contributed by atoms with Crippen molar-refractivity contribution in [3.05, 3.63) is 29.6 Å². The summed E-state index contributed by atoms with van der Waals surface area (Å²) in [5.74, 6) is -0.366. The first-order valence-electron chi connectivity index (χ1n) is 5.97. The normalized spacial score (nSPS) is 10.4. The van der Waals surface area contributed by atoms with Gasteiger partial charge in [-0.2, -0.15) is 0 Å². The number of amides is 1. The van der Waals surface area contributed by atoms with Crippen LogP contribution in [-0.2, 0) is 0 Å². The Labute approximate surface area is 107 Å². The van der Waals surface area contributed by atoms with Crippen molar-refractivity contribution in [2.45, 2.75) is 13.3 Å². The second kappa shape index (κ2) is 6.86. The standard InChI is InChI=1S/C13H19N3O2/c1-4-11(17)10-6-5-7-14-12(10)13(18)15-8-9-16(2)3/h5-7H,4,8-9H2,1-3H3,(H,15,18). The Morgan fingerprint density at radius 3 is 2.72 bits per heavy atom. The number of carbonyl (C=O) groups excluding carboxylic acids is 2. The van der Waals surface area contributed by atoms with Gasteiger partial charge in [-0.05, 0) is 26.2 Å². The number of likely N-dealkylation sites (N-methyl/N-ethyl adjacent to an activating group) is 1. The maximum absolute atomic E-state index is 11.9. The molecule has 0 fully saturated rings. The lowest BCUT2D eigenvalue weighted by atomic mass is 10.1. The van der Waals surface area contributed by atoms with E-state index in [9.17, 15) is 9.59 Å². The van der Waals surface area contributed by atoms with Crippen LogP contribution in [0.3, 0.4) is 0 Å². The van der Waals surface area contributed by atoms with Crippen molar-refractivity contribution in [3.8, 4) is 0 Å². The first-order valence-corrected chi connectivity index (χ1v) is 5.97. The van der Waals surface area contributed by atoms with Gasteiger partial charge in [-0.1, -0.05) is 6.92 Å². The predicted octanol–water partition coefficient (Wildman–Crippen LogP) is 0.966. The van der Waals surface area contributed by atoms with E-state index in [0.717, 1.165) is 6.54 Å². The highest BCUT2D eigenvalue weighted by atomic mass is 16.2. The number of nitrogens with zero attached hydrogens (tertiary/aromatic N) is 2. The lowest BCUT2D eigenvalue weighted by molar-refractivity contribution is 0.0926. The van der Waals surface area contributed by atoms with Crippen molar-refractivity contribution in [1.29, 1.82) is 0 Å². The molecule has 0 saturated heterocycles. The van der Waals surface area contributed by atoms with Crippen molar-refractivity contribution >= 4 is 11.7 Å². The predicted molar refractivity (Wildman–Crippen MR) is 69.7 cm³/mol. The maximum Gasteiger partial charge on any atom is 0.270 e. The number of ketones is 1. The highest BCUT2D eigenvalue weighted by Gasteiger charge is 2.16. The summed E-state index contributed by atoms with van der Waals surface area (Å²) in [6.45, 7) is 3.04. The molecule has 0 radical (unpaired) electrons. The summed E-state index contributed by atoms with van der Waals surface area (Å²) < 4.78 is 0. The van der Waals surface area contributed by atoms with Crippen LogP contribution in [-0.4, -0.2) is 48.8 Å². The number of rotatable bonds is 6. The molecule has 0 aromatic carbocycles. The fraction of sp³-hybridized carbons (Fsp3) is 0.462. The van der Waals surface area contributed by atoms with Crippen LogP contribution in [0.5, 0.6) is 0 Å². The largest absolute Gasteiger partial charge is 0.349 e. The summed E-state index contributed by atoms with van der Waals surface area (Å²) >= 11 is 0. The summed E-state index contributed by atoms with van der Waals surface area (Å²) in [7, 11) is 3.86. The third-order valence-electron chi connectivity index (χ3n) is 2.49. The van der Waals surface area contributed by atoms with Crippen LogP contribution in [0.25, 0.3) is 0 Å². The van der Waals surface area contributed by atoms with Gasteiger partial charge in [-0.3, -0.25) is 14.6 Å². The molecule has 0 bridgehead atoms. The van der Waals surface area contributed by atoms with Gasteiger partial charge in [0.2, 0.25) is 0 Å². The third-order valence-corrected chi connectivity index (χ3v) is 2.49. The lowest BCUT2D eigenvalue weighted by Crippen LogP contribution is -2.32. The minimum atomic E-state index is -0.297. The molecule has 0 saturated carbocycles. The van der Waals surface area contributed by atoms with Gasteiger partial charge in [-0.15, -0.1) is 0 Å². The van der Waals surface area contributed by atoms with Gasteiger partial charge in [0.05, 0.1) is 0 Å². The number of hydrogen-bond acceptors (Lipinski definition) is 4. The molecule has 0 aliphatic rings. The zero-order chi connectivity index (χ0) is 13.5. The molecule has 1 rings (SSSR count). The molecular formula is C13H19N3O2. The van der Waals surface area contributed by atoms with Crippen LogP contribution < -0.4 is 5.32 Å². The molecule has 1 heterocycles. The molecule has 0 aliphatic carbocycles. The van der Waals surface area contributed by atoms with E-state index in [1.54, 1.807) is 19.1 Å². The van der Waals surface area contributed by atoms with Crippen LogP contribution in [0.15, 0.2) is 18.3 Å². The summed E-state index contributed by atoms with van der Waals surface area (Å²) in [5, 5.41) is 2.75. The van der Waals surface area contributed by atoms with Gasteiger partial charge in [0.15, 0.2) is 5.78 Å². The lowest BCUT2D eigenvalue weighted by Gasteiger charge is -2.11. The van der Waals surface area contributed by atoms with Crippen molar-refractivity contribution in [1.82, 2.24) is 15.2 Å². The van der Waals surface area contributed by atoms with Crippen molar-refractivity contribution in [3.63, 3.8) is 0 Å². The fourth-order valence-electron chi connectivity index (χ4n) is 1.48. The fourth-order valence-corrected chi connectivity index (χ4v) is 1.48. The average molecular weight is 249 g/mol. The molecule has 98 valence electrons. The molecule has 0 unspecified atom stereocenters. The number of nitrogens with one attached hydrogen (secondary N) is 1. The van der Waals surface area contributed by atoms with Gasteiger partial charge in [-0.25, -0.2) is 0 Å². The molecule has 5 nitrogen and oxygen atoms in total. The van der Waals surface area contributed by atoms with Gasteiger partial charge in [0, 0.05) is 31.3 Å². The molecule has 18 heavy (non-hydrogen) atoms. The molecule has 5 heteroatoms. The van der Waals surface area contributed by atoms with Crippen LogP contribution in [0.4, 0.5) is 0 Å². The van der Waals surface area contributed by atoms with Gasteiger partial charge >= 0.3 is 0 Å². The Hall–Kier alpha value is -1.75. The van der Waals surface area contributed by atoms with E-state index in [2.05, 4.69) is 10.3 Å². The average Bonchev–Trinajstić information content (AvgIpc) is 2.37. The summed E-state index contributed by atoms with van der Waals surface area (Å²) in [6, 6.07) is 3.30. The molecule has 0 aliphatic heterocycles. The Morgan fingerprint density at radius 1 is 1.39 bits per heavy atom. The summed E-state index contributed by atoms with van der Waals surface area (Å²) in [5.41, 5.74) is 0.602. The molecule has 1 amide bonds. The number of aromatic nitrogens is 1. The Balaban J connectivity index is 2.76. The Bertz CT molecular complexity index is 430. The summed E-state index contributed by atoms with van der Waals surface area (Å²) in [4.78, 5) is 29.6. The monoisotopic (exact) mass is 249 g/mol. The zero-order valence-electron chi connectivity index (χ0n) is 11.1. The second-order valence-corrected chi connectivity index (χ2v) is 4.24. The highest BCUT2D eigenvalue weighted by Crippen LogP contribution is 2.08. The van der Waals surface area contributed by atoms with E-state index in [1.807, 2.05) is 19.0 Å². The Morgan fingerprint density at radius 2 is 2.11 bits per heavy atom.